The molecule has 2 aromatic carbocycles. The fourth-order valence-electron chi connectivity index (χ4n) is 3.46. The van der Waals surface area contributed by atoms with Gasteiger partial charge in [0.15, 0.2) is 0 Å². The van der Waals surface area contributed by atoms with Gasteiger partial charge in [0.25, 0.3) is 17.7 Å². The molecular weight excluding hydrogens is 344 g/mol. The summed E-state index contributed by atoms with van der Waals surface area (Å²) >= 11 is 0. The maximum Gasteiger partial charge on any atom is 0.261 e. The molecule has 2 aliphatic heterocycles. The van der Waals surface area contributed by atoms with Crippen molar-refractivity contribution in [3.05, 3.63) is 70.8 Å². The van der Waals surface area contributed by atoms with Gasteiger partial charge in [-0.15, -0.1) is 0 Å². The first kappa shape index (κ1) is 17.4. The van der Waals surface area contributed by atoms with Gasteiger partial charge in [0, 0.05) is 18.7 Å². The summed E-state index contributed by atoms with van der Waals surface area (Å²) in [5.41, 5.74) is 1.86. The number of amides is 3. The molecule has 1 atom stereocenters. The monoisotopic (exact) mass is 364 g/mol. The summed E-state index contributed by atoms with van der Waals surface area (Å²) in [6, 6.07) is 14.0. The second kappa shape index (κ2) is 7.32. The lowest BCUT2D eigenvalue weighted by molar-refractivity contribution is 0.0642. The van der Waals surface area contributed by atoms with E-state index in [2.05, 4.69) is 5.32 Å². The molecule has 2 aromatic rings. The first-order valence-electron chi connectivity index (χ1n) is 9.07. The molecule has 1 N–H and O–H groups in total. The van der Waals surface area contributed by atoms with Crippen molar-refractivity contribution in [3.63, 3.8) is 0 Å². The van der Waals surface area contributed by atoms with Crippen LogP contribution in [0.5, 0.6) is 0 Å². The SMILES string of the molecule is O=C(NC[C@H]1CCCO1)c1ccc2c(c1)C(=O)N(Cc1ccccc1)C2=O. The Labute approximate surface area is 157 Å². The molecule has 138 valence electrons. The predicted molar refractivity (Wildman–Crippen MR) is 98.4 cm³/mol. The molecule has 6 heteroatoms. The number of nitrogens with zero attached hydrogens (tertiary/aromatic N) is 1. The summed E-state index contributed by atoms with van der Waals surface area (Å²) in [5.74, 6) is -0.965. The standard InChI is InChI=1S/C21H20N2O4/c24-19(22-12-16-7-4-10-27-16)15-8-9-17-18(11-15)21(26)23(20(17)25)13-14-5-2-1-3-6-14/h1-3,5-6,8-9,11,16H,4,7,10,12-13H2,(H,22,24)/t16-/m1/s1. The molecule has 1 saturated heterocycles. The van der Waals surface area contributed by atoms with E-state index in [4.69, 9.17) is 4.74 Å². The highest BCUT2D eigenvalue weighted by atomic mass is 16.5. The van der Waals surface area contributed by atoms with E-state index in [0.29, 0.717) is 17.7 Å². The molecule has 0 bridgehead atoms. The van der Waals surface area contributed by atoms with Gasteiger partial charge < -0.3 is 10.1 Å². The van der Waals surface area contributed by atoms with Gasteiger partial charge in [-0.25, -0.2) is 0 Å². The smallest absolute Gasteiger partial charge is 0.261 e. The van der Waals surface area contributed by atoms with Gasteiger partial charge in [0.2, 0.25) is 0 Å². The highest BCUT2D eigenvalue weighted by molar-refractivity contribution is 6.22. The zero-order valence-corrected chi connectivity index (χ0v) is 14.8. The Morgan fingerprint density at radius 3 is 2.59 bits per heavy atom. The van der Waals surface area contributed by atoms with E-state index in [1.165, 1.54) is 11.0 Å². The highest BCUT2D eigenvalue weighted by Crippen LogP contribution is 2.25. The van der Waals surface area contributed by atoms with Crippen molar-refractivity contribution in [1.29, 1.82) is 0 Å². The first-order chi connectivity index (χ1) is 13.1. The molecule has 0 saturated carbocycles. The van der Waals surface area contributed by atoms with Gasteiger partial charge in [-0.05, 0) is 36.6 Å². The Morgan fingerprint density at radius 2 is 1.85 bits per heavy atom. The van der Waals surface area contributed by atoms with E-state index in [1.54, 1.807) is 12.1 Å². The summed E-state index contributed by atoms with van der Waals surface area (Å²) in [7, 11) is 0. The second-order valence-corrected chi connectivity index (χ2v) is 6.79. The van der Waals surface area contributed by atoms with Gasteiger partial charge in [-0.3, -0.25) is 19.3 Å². The third-order valence-corrected chi connectivity index (χ3v) is 4.93. The highest BCUT2D eigenvalue weighted by Gasteiger charge is 2.36. The predicted octanol–water partition coefficient (Wildman–Crippen LogP) is 2.39. The number of ether oxygens (including phenoxy) is 1. The third kappa shape index (κ3) is 3.48. The van der Waals surface area contributed by atoms with Crippen LogP contribution in [0.2, 0.25) is 0 Å². The molecule has 0 spiro atoms. The fraction of sp³-hybridized carbons (Fsp3) is 0.286. The van der Waals surface area contributed by atoms with Crippen molar-refractivity contribution in [3.8, 4) is 0 Å². The summed E-state index contributed by atoms with van der Waals surface area (Å²) < 4.78 is 5.49. The van der Waals surface area contributed by atoms with Gasteiger partial charge in [0.05, 0.1) is 23.8 Å². The molecule has 2 aliphatic rings. The van der Waals surface area contributed by atoms with Crippen LogP contribution < -0.4 is 5.32 Å². The summed E-state index contributed by atoms with van der Waals surface area (Å²) in [4.78, 5) is 38.9. The van der Waals surface area contributed by atoms with Crippen molar-refractivity contribution < 1.29 is 19.1 Å². The van der Waals surface area contributed by atoms with E-state index < -0.39 is 0 Å². The molecule has 27 heavy (non-hydrogen) atoms. The number of nitrogens with one attached hydrogen (secondary N) is 1. The minimum Gasteiger partial charge on any atom is -0.376 e. The molecule has 2 heterocycles. The average Bonchev–Trinajstić information content (AvgIpc) is 3.30. The molecule has 1 fully saturated rings. The van der Waals surface area contributed by atoms with Crippen LogP contribution in [0.1, 0.15) is 49.5 Å². The number of rotatable bonds is 5. The zero-order valence-electron chi connectivity index (χ0n) is 14.8. The lowest BCUT2D eigenvalue weighted by Gasteiger charge is -2.13. The quantitative estimate of drug-likeness (QED) is 0.827. The Morgan fingerprint density at radius 1 is 1.07 bits per heavy atom. The molecule has 0 aromatic heterocycles. The molecule has 6 nitrogen and oxygen atoms in total. The van der Waals surface area contributed by atoms with Crippen molar-refractivity contribution in [2.24, 2.45) is 0 Å². The largest absolute Gasteiger partial charge is 0.376 e. The number of imide groups is 1. The second-order valence-electron chi connectivity index (χ2n) is 6.79. The van der Waals surface area contributed by atoms with Gasteiger partial charge in [0.1, 0.15) is 0 Å². The van der Waals surface area contributed by atoms with Crippen LogP contribution in [0.25, 0.3) is 0 Å². The molecule has 4 rings (SSSR count). The Hall–Kier alpha value is -2.99. The van der Waals surface area contributed by atoms with E-state index in [9.17, 15) is 14.4 Å². The summed E-state index contributed by atoms with van der Waals surface area (Å²) in [6.45, 7) is 1.39. The van der Waals surface area contributed by atoms with E-state index in [0.717, 1.165) is 25.0 Å². The number of hydrogen-bond donors (Lipinski definition) is 1. The van der Waals surface area contributed by atoms with Crippen molar-refractivity contribution in [2.75, 3.05) is 13.2 Å². The minimum atomic E-state index is -0.368. The normalized spacial score (nSPS) is 18.7. The van der Waals surface area contributed by atoms with Crippen LogP contribution in [0, 0.1) is 0 Å². The Bertz CT molecular complexity index is 888. The lowest BCUT2D eigenvalue weighted by Crippen LogP contribution is -2.31. The number of carbonyl (C=O) groups is 3. The van der Waals surface area contributed by atoms with Crippen molar-refractivity contribution in [2.45, 2.75) is 25.5 Å². The average molecular weight is 364 g/mol. The first-order valence-corrected chi connectivity index (χ1v) is 9.07. The maximum atomic E-state index is 12.7. The third-order valence-electron chi connectivity index (χ3n) is 4.93. The van der Waals surface area contributed by atoms with Crippen LogP contribution >= 0.6 is 0 Å². The summed E-state index contributed by atoms with van der Waals surface area (Å²) in [5, 5.41) is 2.84. The van der Waals surface area contributed by atoms with E-state index in [1.807, 2.05) is 30.3 Å². The van der Waals surface area contributed by atoms with Gasteiger partial charge >= 0.3 is 0 Å². The van der Waals surface area contributed by atoms with Crippen LogP contribution in [-0.4, -0.2) is 41.9 Å². The fourth-order valence-corrected chi connectivity index (χ4v) is 3.46. The number of hydrogen-bond acceptors (Lipinski definition) is 4. The number of carbonyl (C=O) groups excluding carboxylic acids is 3. The minimum absolute atomic E-state index is 0.0490. The van der Waals surface area contributed by atoms with Gasteiger partial charge in [-0.1, -0.05) is 30.3 Å². The molecular formula is C21H20N2O4. The van der Waals surface area contributed by atoms with Crippen LogP contribution in [-0.2, 0) is 11.3 Å². The topological polar surface area (TPSA) is 75.7 Å². The van der Waals surface area contributed by atoms with Gasteiger partial charge in [-0.2, -0.15) is 0 Å². The van der Waals surface area contributed by atoms with Crippen LogP contribution in [0.15, 0.2) is 48.5 Å². The van der Waals surface area contributed by atoms with Crippen molar-refractivity contribution in [1.82, 2.24) is 10.2 Å². The number of benzene rings is 2. The van der Waals surface area contributed by atoms with Crippen LogP contribution in [0.4, 0.5) is 0 Å². The molecule has 0 unspecified atom stereocenters. The van der Waals surface area contributed by atoms with E-state index >= 15 is 0 Å². The molecule has 3 amide bonds. The molecule has 0 radical (unpaired) electrons. The Balaban J connectivity index is 1.49. The maximum absolute atomic E-state index is 12.7. The van der Waals surface area contributed by atoms with Crippen molar-refractivity contribution >= 4 is 17.7 Å². The molecule has 0 aliphatic carbocycles. The summed E-state index contributed by atoms with van der Waals surface area (Å²) in [6.07, 6.45) is 1.99. The van der Waals surface area contributed by atoms with Crippen LogP contribution in [0.3, 0.4) is 0 Å². The number of fused-ring (bicyclic) bond motifs is 1. The zero-order chi connectivity index (χ0) is 18.8. The Kier molecular flexibility index (Phi) is 4.73. The lowest BCUT2D eigenvalue weighted by atomic mass is 10.1. The van der Waals surface area contributed by atoms with E-state index in [-0.39, 0.29) is 35.9 Å².